The van der Waals surface area contributed by atoms with Crippen molar-refractivity contribution in [3.63, 3.8) is 0 Å². The highest BCUT2D eigenvalue weighted by molar-refractivity contribution is 6.42. The second-order valence-corrected chi connectivity index (χ2v) is 6.64. The first-order valence-electron chi connectivity index (χ1n) is 6.98. The van der Waals surface area contributed by atoms with Gasteiger partial charge < -0.3 is 10.4 Å². The third kappa shape index (κ3) is 2.29. The number of aliphatic hydroxyl groups excluding tert-OH is 1. The molecule has 1 aromatic carbocycles. The van der Waals surface area contributed by atoms with Gasteiger partial charge in [0.15, 0.2) is 0 Å². The number of aliphatic hydroxyl groups is 1. The predicted octanol–water partition coefficient (Wildman–Crippen LogP) is 3.39. The van der Waals surface area contributed by atoms with Gasteiger partial charge in [0.2, 0.25) is 0 Å². The van der Waals surface area contributed by atoms with Crippen molar-refractivity contribution in [1.82, 2.24) is 5.32 Å². The molecule has 4 heteroatoms. The summed E-state index contributed by atoms with van der Waals surface area (Å²) in [7, 11) is 0. The lowest BCUT2D eigenvalue weighted by Crippen LogP contribution is -2.39. The minimum Gasteiger partial charge on any atom is -0.391 e. The van der Waals surface area contributed by atoms with Crippen LogP contribution in [0.1, 0.15) is 31.2 Å². The quantitative estimate of drug-likeness (QED) is 0.877. The Labute approximate surface area is 124 Å². The summed E-state index contributed by atoms with van der Waals surface area (Å²) in [6.45, 7) is 1.59. The van der Waals surface area contributed by atoms with Crippen molar-refractivity contribution in [3.05, 3.63) is 33.8 Å². The number of halogens is 2. The lowest BCUT2D eigenvalue weighted by molar-refractivity contribution is 0.0960. The second-order valence-electron chi connectivity index (χ2n) is 5.82. The van der Waals surface area contributed by atoms with Gasteiger partial charge >= 0.3 is 0 Å². The Morgan fingerprint density at radius 3 is 2.42 bits per heavy atom. The van der Waals surface area contributed by atoms with Crippen molar-refractivity contribution >= 4 is 23.2 Å². The summed E-state index contributed by atoms with van der Waals surface area (Å²) in [6.07, 6.45) is 4.46. The molecule has 2 N–H and O–H groups in total. The molecule has 0 radical (unpaired) electrons. The van der Waals surface area contributed by atoms with E-state index >= 15 is 0 Å². The molecule has 0 aromatic heterocycles. The monoisotopic (exact) mass is 299 g/mol. The van der Waals surface area contributed by atoms with Crippen LogP contribution in [0.25, 0.3) is 0 Å². The van der Waals surface area contributed by atoms with Gasteiger partial charge in [0, 0.05) is 24.4 Å². The molecule has 19 heavy (non-hydrogen) atoms. The van der Waals surface area contributed by atoms with Gasteiger partial charge in [-0.25, -0.2) is 0 Å². The molecule has 104 valence electrons. The van der Waals surface area contributed by atoms with Crippen LogP contribution in [-0.4, -0.2) is 24.3 Å². The summed E-state index contributed by atoms with van der Waals surface area (Å²) in [5.74, 6) is 0.284. The van der Waals surface area contributed by atoms with Gasteiger partial charge in [-0.05, 0) is 30.5 Å². The molecular weight excluding hydrogens is 281 g/mol. The molecule has 0 spiro atoms. The fraction of sp³-hybridized carbons (Fsp3) is 0.600. The maximum atomic E-state index is 10.3. The average molecular weight is 300 g/mol. The van der Waals surface area contributed by atoms with Gasteiger partial charge in [0.1, 0.15) is 0 Å². The van der Waals surface area contributed by atoms with Crippen LogP contribution in [0.2, 0.25) is 10.0 Å². The van der Waals surface area contributed by atoms with E-state index in [2.05, 4.69) is 11.4 Å². The summed E-state index contributed by atoms with van der Waals surface area (Å²) in [5.41, 5.74) is 1.31. The van der Waals surface area contributed by atoms with Crippen LogP contribution >= 0.6 is 23.2 Å². The number of benzene rings is 1. The topological polar surface area (TPSA) is 32.3 Å². The number of nitrogens with one attached hydrogen (secondary N) is 1. The minimum absolute atomic E-state index is 0.0666. The number of hydrogen-bond donors (Lipinski definition) is 2. The smallest absolute Gasteiger partial charge is 0.0713 e. The van der Waals surface area contributed by atoms with E-state index in [1.807, 2.05) is 12.1 Å². The van der Waals surface area contributed by atoms with E-state index in [9.17, 15) is 5.11 Å². The van der Waals surface area contributed by atoms with Crippen LogP contribution in [0.4, 0.5) is 0 Å². The standard InChI is InChI=1S/C15H19Cl2NO/c16-12-4-3-10(7-13(12)17)15(5-1-2-6-15)11-8-18-9-14(11)19/h3-4,7,11,14,18-19H,1-2,5-6,8-9H2/t11-,14?/m0/s1. The van der Waals surface area contributed by atoms with E-state index in [4.69, 9.17) is 23.2 Å². The zero-order valence-corrected chi connectivity index (χ0v) is 12.3. The Bertz CT molecular complexity index is 471. The first-order valence-corrected chi connectivity index (χ1v) is 7.73. The maximum Gasteiger partial charge on any atom is 0.0713 e. The number of rotatable bonds is 2. The summed E-state index contributed by atoms with van der Waals surface area (Å²) in [5, 5.41) is 14.8. The Balaban J connectivity index is 2.02. The van der Waals surface area contributed by atoms with Crippen LogP contribution in [0.15, 0.2) is 18.2 Å². The lowest BCUT2D eigenvalue weighted by atomic mass is 9.67. The van der Waals surface area contributed by atoms with Crippen LogP contribution in [0, 0.1) is 5.92 Å². The van der Waals surface area contributed by atoms with E-state index < -0.39 is 0 Å². The Morgan fingerprint density at radius 2 is 1.84 bits per heavy atom. The first kappa shape index (κ1) is 13.7. The maximum absolute atomic E-state index is 10.3. The molecule has 2 nitrogen and oxygen atoms in total. The third-order valence-electron chi connectivity index (χ3n) is 4.88. The third-order valence-corrected chi connectivity index (χ3v) is 5.62. The largest absolute Gasteiger partial charge is 0.391 e. The van der Waals surface area contributed by atoms with Crippen molar-refractivity contribution < 1.29 is 5.11 Å². The summed E-state index contributed by atoms with van der Waals surface area (Å²) < 4.78 is 0. The highest BCUT2D eigenvalue weighted by Crippen LogP contribution is 2.49. The van der Waals surface area contributed by atoms with Crippen molar-refractivity contribution in [2.75, 3.05) is 13.1 Å². The molecule has 0 amide bonds. The Hall–Kier alpha value is -0.280. The van der Waals surface area contributed by atoms with Gasteiger partial charge in [-0.3, -0.25) is 0 Å². The normalized spacial score (nSPS) is 29.8. The molecule has 1 heterocycles. The van der Waals surface area contributed by atoms with Crippen LogP contribution in [-0.2, 0) is 5.41 Å². The van der Waals surface area contributed by atoms with E-state index in [1.165, 1.54) is 18.4 Å². The van der Waals surface area contributed by atoms with Gasteiger partial charge in [0.05, 0.1) is 16.1 Å². The summed E-state index contributed by atoms with van der Waals surface area (Å²) in [6, 6.07) is 5.97. The average Bonchev–Trinajstić information content (AvgIpc) is 3.02. The van der Waals surface area contributed by atoms with Crippen molar-refractivity contribution in [2.45, 2.75) is 37.2 Å². The van der Waals surface area contributed by atoms with Gasteiger partial charge in [-0.1, -0.05) is 42.1 Å². The molecule has 3 rings (SSSR count). The molecule has 1 aliphatic carbocycles. The van der Waals surface area contributed by atoms with Crippen molar-refractivity contribution in [2.24, 2.45) is 5.92 Å². The molecule has 1 unspecified atom stereocenters. The number of hydrogen-bond acceptors (Lipinski definition) is 2. The predicted molar refractivity (Wildman–Crippen MR) is 79.0 cm³/mol. The van der Waals surface area contributed by atoms with Crippen LogP contribution < -0.4 is 5.32 Å². The van der Waals surface area contributed by atoms with E-state index in [0.717, 1.165) is 19.4 Å². The Morgan fingerprint density at radius 1 is 1.11 bits per heavy atom. The molecular formula is C15H19Cl2NO. The summed E-state index contributed by atoms with van der Waals surface area (Å²) >= 11 is 12.2. The van der Waals surface area contributed by atoms with E-state index in [1.54, 1.807) is 0 Å². The minimum atomic E-state index is -0.257. The molecule has 2 fully saturated rings. The SMILES string of the molecule is OC1CNC[C@@H]1C1(c2ccc(Cl)c(Cl)c2)CCCC1. The van der Waals surface area contributed by atoms with E-state index in [-0.39, 0.29) is 17.4 Å². The summed E-state index contributed by atoms with van der Waals surface area (Å²) in [4.78, 5) is 0. The molecule has 1 aliphatic heterocycles. The number of β-amino-alcohol motifs (C(OH)–C–C–N with tert-alkyl or cyclic N) is 1. The van der Waals surface area contributed by atoms with Crippen molar-refractivity contribution in [3.8, 4) is 0 Å². The molecule has 2 aliphatic rings. The fourth-order valence-electron chi connectivity index (χ4n) is 3.91. The molecule has 1 aromatic rings. The highest BCUT2D eigenvalue weighted by Gasteiger charge is 2.47. The van der Waals surface area contributed by atoms with Crippen LogP contribution in [0.3, 0.4) is 0 Å². The fourth-order valence-corrected chi connectivity index (χ4v) is 4.21. The molecule has 0 bridgehead atoms. The Kier molecular flexibility index (Phi) is 3.78. The van der Waals surface area contributed by atoms with Gasteiger partial charge in [-0.15, -0.1) is 0 Å². The molecule has 1 saturated heterocycles. The second kappa shape index (κ2) is 5.25. The van der Waals surface area contributed by atoms with Gasteiger partial charge in [-0.2, -0.15) is 0 Å². The zero-order chi connectivity index (χ0) is 13.5. The van der Waals surface area contributed by atoms with Crippen molar-refractivity contribution in [1.29, 1.82) is 0 Å². The molecule has 2 atom stereocenters. The first-order chi connectivity index (χ1) is 9.13. The highest BCUT2D eigenvalue weighted by atomic mass is 35.5. The molecule has 1 saturated carbocycles. The zero-order valence-electron chi connectivity index (χ0n) is 10.8. The van der Waals surface area contributed by atoms with Crippen LogP contribution in [0.5, 0.6) is 0 Å². The van der Waals surface area contributed by atoms with E-state index in [0.29, 0.717) is 16.6 Å². The van der Waals surface area contributed by atoms with Gasteiger partial charge in [0.25, 0.3) is 0 Å². The lowest BCUT2D eigenvalue weighted by Gasteiger charge is -2.37.